The van der Waals surface area contributed by atoms with Crippen molar-refractivity contribution < 1.29 is 19.1 Å². The molecule has 1 heterocycles. The van der Waals surface area contributed by atoms with Gasteiger partial charge in [0.25, 0.3) is 5.91 Å². The summed E-state index contributed by atoms with van der Waals surface area (Å²) in [5.74, 6) is -1.54. The van der Waals surface area contributed by atoms with Gasteiger partial charge in [0.2, 0.25) is 5.91 Å². The third kappa shape index (κ3) is 4.83. The summed E-state index contributed by atoms with van der Waals surface area (Å²) in [5.41, 5.74) is 3.63. The molecule has 2 aromatic carbocycles. The smallest absolute Gasteiger partial charge is 0.311 e. The van der Waals surface area contributed by atoms with Gasteiger partial charge in [-0.05, 0) is 37.5 Å². The molecule has 1 fully saturated rings. The van der Waals surface area contributed by atoms with Gasteiger partial charge in [-0.15, -0.1) is 0 Å². The van der Waals surface area contributed by atoms with Crippen molar-refractivity contribution >= 4 is 23.5 Å². The summed E-state index contributed by atoms with van der Waals surface area (Å²) in [6, 6.07) is 15.3. The topological polar surface area (TPSA) is 75.7 Å². The van der Waals surface area contributed by atoms with E-state index in [-0.39, 0.29) is 25.0 Å². The number of benzene rings is 2. The lowest BCUT2D eigenvalue weighted by atomic mass is 10.1. The molecule has 0 radical (unpaired) electrons. The molecule has 2 atom stereocenters. The Morgan fingerprint density at radius 3 is 2.41 bits per heavy atom. The third-order valence-electron chi connectivity index (χ3n) is 5.33. The van der Waals surface area contributed by atoms with Crippen molar-refractivity contribution in [1.82, 2.24) is 4.90 Å². The molecule has 0 unspecified atom stereocenters. The molecule has 1 aliphatic rings. The Morgan fingerprint density at radius 2 is 1.76 bits per heavy atom. The van der Waals surface area contributed by atoms with Gasteiger partial charge in [-0.1, -0.05) is 48.5 Å². The molecule has 1 saturated heterocycles. The summed E-state index contributed by atoms with van der Waals surface area (Å²) >= 11 is 0. The Bertz CT molecular complexity index is 890. The van der Waals surface area contributed by atoms with E-state index in [0.29, 0.717) is 6.54 Å². The number of amides is 2. The number of nitrogens with one attached hydrogen (secondary N) is 1. The fourth-order valence-corrected chi connectivity index (χ4v) is 3.62. The van der Waals surface area contributed by atoms with Crippen LogP contribution in [0.1, 0.15) is 36.1 Å². The lowest BCUT2D eigenvalue weighted by Crippen LogP contribution is -2.30. The minimum absolute atomic E-state index is 0.0803. The van der Waals surface area contributed by atoms with E-state index in [4.69, 9.17) is 4.74 Å². The predicted molar refractivity (Wildman–Crippen MR) is 110 cm³/mol. The molecule has 0 aromatic heterocycles. The maximum atomic E-state index is 12.4. The first kappa shape index (κ1) is 20.6. The second kappa shape index (κ2) is 8.90. The highest BCUT2D eigenvalue weighted by atomic mass is 16.5. The number of nitrogens with zero attached hydrogens (tertiary/aromatic N) is 1. The molecular formula is C23H26N2O4. The van der Waals surface area contributed by atoms with Crippen LogP contribution in [0.5, 0.6) is 0 Å². The molecule has 3 rings (SSSR count). The fourth-order valence-electron chi connectivity index (χ4n) is 3.62. The normalized spacial score (nSPS) is 17.1. The zero-order valence-electron chi connectivity index (χ0n) is 17.0. The number of ether oxygens (including phenoxy) is 1. The van der Waals surface area contributed by atoms with Gasteiger partial charge in [0.15, 0.2) is 6.61 Å². The van der Waals surface area contributed by atoms with Crippen LogP contribution in [-0.4, -0.2) is 35.8 Å². The molecule has 0 saturated carbocycles. The first-order valence-electron chi connectivity index (χ1n) is 9.74. The van der Waals surface area contributed by atoms with Crippen molar-refractivity contribution in [2.75, 3.05) is 18.5 Å². The number of aryl methyl sites for hydroxylation is 2. The maximum Gasteiger partial charge on any atom is 0.311 e. The monoisotopic (exact) mass is 394 g/mol. The van der Waals surface area contributed by atoms with Crippen molar-refractivity contribution in [2.24, 2.45) is 5.92 Å². The van der Waals surface area contributed by atoms with Crippen LogP contribution in [0.4, 0.5) is 5.69 Å². The van der Waals surface area contributed by atoms with Gasteiger partial charge in [-0.3, -0.25) is 14.4 Å². The highest BCUT2D eigenvalue weighted by molar-refractivity contribution is 5.95. The number of carbonyl (C=O) groups is 3. The number of anilines is 1. The predicted octanol–water partition coefficient (Wildman–Crippen LogP) is 3.39. The summed E-state index contributed by atoms with van der Waals surface area (Å²) in [5, 5.41) is 2.79. The molecule has 152 valence electrons. The van der Waals surface area contributed by atoms with E-state index < -0.39 is 17.8 Å². The highest BCUT2D eigenvalue weighted by Gasteiger charge is 2.38. The van der Waals surface area contributed by atoms with Crippen molar-refractivity contribution in [2.45, 2.75) is 33.2 Å². The Balaban J connectivity index is 1.53. The van der Waals surface area contributed by atoms with E-state index in [9.17, 15) is 14.4 Å². The van der Waals surface area contributed by atoms with Crippen LogP contribution in [0.2, 0.25) is 0 Å². The number of likely N-dealkylation sites (tertiary alicyclic amines) is 1. The fraction of sp³-hybridized carbons (Fsp3) is 0.348. The van der Waals surface area contributed by atoms with Crippen LogP contribution in [-0.2, 0) is 19.1 Å². The van der Waals surface area contributed by atoms with Crippen molar-refractivity contribution in [1.29, 1.82) is 0 Å². The van der Waals surface area contributed by atoms with Gasteiger partial charge in [-0.2, -0.15) is 0 Å². The minimum atomic E-state index is -0.554. The Labute approximate surface area is 170 Å². The minimum Gasteiger partial charge on any atom is -0.455 e. The number of esters is 1. The van der Waals surface area contributed by atoms with E-state index in [1.807, 2.05) is 69.3 Å². The number of carbonyl (C=O) groups excluding carboxylic acids is 3. The second-order valence-electron chi connectivity index (χ2n) is 7.46. The average Bonchev–Trinajstić information content (AvgIpc) is 3.11. The van der Waals surface area contributed by atoms with E-state index in [1.165, 1.54) is 0 Å². The van der Waals surface area contributed by atoms with E-state index in [2.05, 4.69) is 5.32 Å². The van der Waals surface area contributed by atoms with Crippen LogP contribution in [0.15, 0.2) is 48.5 Å². The van der Waals surface area contributed by atoms with Gasteiger partial charge in [0.1, 0.15) is 0 Å². The molecule has 6 nitrogen and oxygen atoms in total. The summed E-state index contributed by atoms with van der Waals surface area (Å²) in [6.45, 7) is 5.68. The van der Waals surface area contributed by atoms with Crippen LogP contribution < -0.4 is 5.32 Å². The van der Waals surface area contributed by atoms with Gasteiger partial charge in [0, 0.05) is 18.7 Å². The SMILES string of the molecule is Cc1cccc(C)c1NC(=O)COC(=O)[C@@H]1CC(=O)N([C@H](C)c2ccccc2)C1. The van der Waals surface area contributed by atoms with Crippen LogP contribution in [0, 0.1) is 19.8 Å². The molecule has 1 aliphatic heterocycles. The van der Waals surface area contributed by atoms with Gasteiger partial charge in [0.05, 0.1) is 12.0 Å². The Hall–Kier alpha value is -3.15. The zero-order chi connectivity index (χ0) is 21.0. The summed E-state index contributed by atoms with van der Waals surface area (Å²) in [6.07, 6.45) is 0.106. The second-order valence-corrected chi connectivity index (χ2v) is 7.46. The maximum absolute atomic E-state index is 12.4. The van der Waals surface area contributed by atoms with Crippen LogP contribution >= 0.6 is 0 Å². The summed E-state index contributed by atoms with van der Waals surface area (Å²) in [7, 11) is 0. The first-order valence-corrected chi connectivity index (χ1v) is 9.74. The van der Waals surface area contributed by atoms with Gasteiger partial charge < -0.3 is 15.0 Å². The largest absolute Gasteiger partial charge is 0.455 e. The number of hydrogen-bond donors (Lipinski definition) is 1. The van der Waals surface area contributed by atoms with E-state index >= 15 is 0 Å². The van der Waals surface area contributed by atoms with Crippen molar-refractivity contribution in [3.63, 3.8) is 0 Å². The van der Waals surface area contributed by atoms with Crippen molar-refractivity contribution in [3.05, 3.63) is 65.2 Å². The van der Waals surface area contributed by atoms with Gasteiger partial charge in [-0.25, -0.2) is 0 Å². The number of para-hydroxylation sites is 1. The summed E-state index contributed by atoms with van der Waals surface area (Å²) in [4.78, 5) is 38.7. The molecule has 0 aliphatic carbocycles. The van der Waals surface area contributed by atoms with Crippen molar-refractivity contribution in [3.8, 4) is 0 Å². The number of rotatable bonds is 6. The van der Waals surface area contributed by atoms with Crippen LogP contribution in [0.3, 0.4) is 0 Å². The van der Waals surface area contributed by atoms with Crippen LogP contribution in [0.25, 0.3) is 0 Å². The highest BCUT2D eigenvalue weighted by Crippen LogP contribution is 2.29. The molecule has 2 amide bonds. The molecule has 0 bridgehead atoms. The Morgan fingerprint density at radius 1 is 1.10 bits per heavy atom. The molecule has 6 heteroatoms. The molecule has 1 N–H and O–H groups in total. The lowest BCUT2D eigenvalue weighted by Gasteiger charge is -2.25. The summed E-state index contributed by atoms with van der Waals surface area (Å²) < 4.78 is 5.19. The average molecular weight is 394 g/mol. The lowest BCUT2D eigenvalue weighted by molar-refractivity contribution is -0.151. The first-order chi connectivity index (χ1) is 13.9. The van der Waals surface area contributed by atoms with Gasteiger partial charge >= 0.3 is 5.97 Å². The zero-order valence-corrected chi connectivity index (χ0v) is 17.0. The standard InChI is InChI=1S/C23H26N2O4/c1-15-8-7-9-16(2)22(15)24-20(26)14-29-23(28)19-12-21(27)25(13-19)17(3)18-10-5-4-6-11-18/h4-11,17,19H,12-14H2,1-3H3,(H,24,26)/t17-,19-/m1/s1. The van der Waals surface area contributed by atoms with E-state index in [1.54, 1.807) is 4.90 Å². The molecule has 0 spiro atoms. The quantitative estimate of drug-likeness (QED) is 0.762. The molecule has 2 aromatic rings. The Kier molecular flexibility index (Phi) is 6.32. The number of hydrogen-bond acceptors (Lipinski definition) is 4. The third-order valence-corrected chi connectivity index (χ3v) is 5.33. The molecular weight excluding hydrogens is 368 g/mol. The van der Waals surface area contributed by atoms with E-state index in [0.717, 1.165) is 22.4 Å². The molecule has 29 heavy (non-hydrogen) atoms.